The molecule has 1 atom stereocenters. The third-order valence-corrected chi connectivity index (χ3v) is 4.31. The third-order valence-electron chi connectivity index (χ3n) is 4.31. The number of nitrogens with zero attached hydrogens (tertiary/aromatic N) is 1. The Balaban J connectivity index is 1.71. The second kappa shape index (κ2) is 8.80. The first-order valence-corrected chi connectivity index (χ1v) is 8.80. The molecule has 0 saturated heterocycles. The van der Waals surface area contributed by atoms with E-state index in [1.807, 2.05) is 48.5 Å². The molecule has 0 spiro atoms. The highest BCUT2D eigenvalue weighted by Gasteiger charge is 2.15. The summed E-state index contributed by atoms with van der Waals surface area (Å²) in [5.74, 6) is -0.286. The first-order chi connectivity index (χ1) is 13.1. The Morgan fingerprint density at radius 2 is 1.63 bits per heavy atom. The lowest BCUT2D eigenvalue weighted by Crippen LogP contribution is -2.37. The molecular weight excluding hydrogens is 342 g/mol. The molecule has 0 bridgehead atoms. The highest BCUT2D eigenvalue weighted by Crippen LogP contribution is 2.19. The lowest BCUT2D eigenvalue weighted by Gasteiger charge is -2.20. The van der Waals surface area contributed by atoms with Crippen LogP contribution in [-0.4, -0.2) is 15.5 Å². The monoisotopic (exact) mass is 363 g/mol. The summed E-state index contributed by atoms with van der Waals surface area (Å²) >= 11 is 0. The van der Waals surface area contributed by atoms with E-state index in [1.54, 1.807) is 0 Å². The summed E-state index contributed by atoms with van der Waals surface area (Å²) in [5, 5.41) is 3.00. The van der Waals surface area contributed by atoms with E-state index in [0.29, 0.717) is 0 Å². The molecule has 1 heterocycles. The van der Waals surface area contributed by atoms with Crippen molar-refractivity contribution < 1.29 is 4.79 Å². The number of H-pyrrole nitrogens is 1. The SMILES string of the molecule is O=C(Cn1ccc(=O)[nH]c1=O)N[C@@H](CCc1ccccc1)c1ccccc1. The summed E-state index contributed by atoms with van der Waals surface area (Å²) < 4.78 is 1.18. The molecule has 0 saturated carbocycles. The van der Waals surface area contributed by atoms with Crippen molar-refractivity contribution in [3.63, 3.8) is 0 Å². The molecule has 0 fully saturated rings. The molecule has 3 rings (SSSR count). The predicted molar refractivity (Wildman–Crippen MR) is 103 cm³/mol. The zero-order chi connectivity index (χ0) is 19.1. The molecule has 1 amide bonds. The molecule has 1 aromatic heterocycles. The van der Waals surface area contributed by atoms with Crippen molar-refractivity contribution in [1.29, 1.82) is 0 Å². The van der Waals surface area contributed by atoms with Crippen molar-refractivity contribution in [3.8, 4) is 0 Å². The van der Waals surface area contributed by atoms with Gasteiger partial charge in [0.05, 0.1) is 6.04 Å². The van der Waals surface area contributed by atoms with Gasteiger partial charge in [-0.15, -0.1) is 0 Å². The van der Waals surface area contributed by atoms with Gasteiger partial charge in [-0.25, -0.2) is 4.79 Å². The molecule has 6 heteroatoms. The number of aromatic nitrogens is 2. The van der Waals surface area contributed by atoms with E-state index in [1.165, 1.54) is 22.4 Å². The number of amides is 1. The summed E-state index contributed by atoms with van der Waals surface area (Å²) in [7, 11) is 0. The molecule has 6 nitrogen and oxygen atoms in total. The average molecular weight is 363 g/mol. The molecule has 3 aromatic rings. The van der Waals surface area contributed by atoms with Gasteiger partial charge in [-0.05, 0) is 24.0 Å². The summed E-state index contributed by atoms with van der Waals surface area (Å²) in [6.07, 6.45) is 2.88. The smallest absolute Gasteiger partial charge is 0.328 e. The number of benzene rings is 2. The maximum Gasteiger partial charge on any atom is 0.328 e. The normalized spacial score (nSPS) is 11.7. The van der Waals surface area contributed by atoms with Gasteiger partial charge < -0.3 is 5.32 Å². The van der Waals surface area contributed by atoms with E-state index in [0.717, 1.165) is 18.4 Å². The van der Waals surface area contributed by atoms with Crippen LogP contribution in [0.25, 0.3) is 0 Å². The first-order valence-electron chi connectivity index (χ1n) is 8.80. The van der Waals surface area contributed by atoms with Crippen LogP contribution in [0.15, 0.2) is 82.5 Å². The molecule has 2 N–H and O–H groups in total. The Morgan fingerprint density at radius 1 is 0.963 bits per heavy atom. The van der Waals surface area contributed by atoms with Gasteiger partial charge in [-0.1, -0.05) is 60.7 Å². The van der Waals surface area contributed by atoms with E-state index < -0.39 is 11.2 Å². The molecule has 0 radical (unpaired) electrons. The number of aryl methyl sites for hydroxylation is 1. The number of hydrogen-bond acceptors (Lipinski definition) is 3. The second-order valence-corrected chi connectivity index (χ2v) is 6.29. The van der Waals surface area contributed by atoms with Crippen molar-refractivity contribution in [1.82, 2.24) is 14.9 Å². The Kier molecular flexibility index (Phi) is 5.99. The topological polar surface area (TPSA) is 84.0 Å². The molecule has 0 aliphatic rings. The molecular formula is C21H21N3O3. The minimum atomic E-state index is -0.599. The van der Waals surface area contributed by atoms with Crippen LogP contribution in [0.1, 0.15) is 23.6 Å². The fourth-order valence-corrected chi connectivity index (χ4v) is 2.93. The lowest BCUT2D eigenvalue weighted by atomic mass is 9.99. The van der Waals surface area contributed by atoms with Gasteiger partial charge in [0.25, 0.3) is 5.56 Å². The summed E-state index contributed by atoms with van der Waals surface area (Å²) in [6.45, 7) is -0.149. The van der Waals surface area contributed by atoms with Crippen LogP contribution in [-0.2, 0) is 17.8 Å². The van der Waals surface area contributed by atoms with E-state index in [-0.39, 0.29) is 18.5 Å². The molecule has 2 aromatic carbocycles. The molecule has 27 heavy (non-hydrogen) atoms. The average Bonchev–Trinajstić information content (AvgIpc) is 2.69. The number of rotatable bonds is 7. The van der Waals surface area contributed by atoms with Gasteiger partial charge >= 0.3 is 5.69 Å². The molecule has 138 valence electrons. The zero-order valence-electron chi connectivity index (χ0n) is 14.8. The van der Waals surface area contributed by atoms with E-state index in [2.05, 4.69) is 22.4 Å². The van der Waals surface area contributed by atoms with E-state index in [4.69, 9.17) is 0 Å². The van der Waals surface area contributed by atoms with Crippen LogP contribution in [0.5, 0.6) is 0 Å². The van der Waals surface area contributed by atoms with Crippen LogP contribution in [0.4, 0.5) is 0 Å². The Morgan fingerprint density at radius 3 is 2.30 bits per heavy atom. The minimum absolute atomic E-state index is 0.149. The van der Waals surface area contributed by atoms with Crippen molar-refractivity contribution in [2.75, 3.05) is 0 Å². The van der Waals surface area contributed by atoms with Crippen LogP contribution < -0.4 is 16.6 Å². The number of hydrogen-bond donors (Lipinski definition) is 2. The fraction of sp³-hybridized carbons (Fsp3) is 0.190. The minimum Gasteiger partial charge on any atom is -0.348 e. The fourth-order valence-electron chi connectivity index (χ4n) is 2.93. The highest BCUT2D eigenvalue weighted by atomic mass is 16.2. The van der Waals surface area contributed by atoms with Crippen LogP contribution in [0.2, 0.25) is 0 Å². The molecule has 0 unspecified atom stereocenters. The lowest BCUT2D eigenvalue weighted by molar-refractivity contribution is -0.122. The predicted octanol–water partition coefficient (Wildman–Crippen LogP) is 2.03. The largest absolute Gasteiger partial charge is 0.348 e. The highest BCUT2D eigenvalue weighted by molar-refractivity contribution is 5.76. The number of carbonyl (C=O) groups excluding carboxylic acids is 1. The van der Waals surface area contributed by atoms with Gasteiger partial charge in [-0.2, -0.15) is 0 Å². The van der Waals surface area contributed by atoms with Gasteiger partial charge in [0, 0.05) is 12.3 Å². The maximum atomic E-state index is 12.5. The molecule has 0 aliphatic heterocycles. The Hall–Kier alpha value is -3.41. The van der Waals surface area contributed by atoms with Crippen LogP contribution >= 0.6 is 0 Å². The third kappa shape index (κ3) is 5.28. The number of nitrogens with one attached hydrogen (secondary N) is 2. The van der Waals surface area contributed by atoms with Gasteiger partial charge in [-0.3, -0.25) is 19.1 Å². The van der Waals surface area contributed by atoms with Crippen molar-refractivity contribution in [3.05, 3.63) is 105 Å². The van der Waals surface area contributed by atoms with Gasteiger partial charge in [0.15, 0.2) is 0 Å². The van der Waals surface area contributed by atoms with Gasteiger partial charge in [0.2, 0.25) is 5.91 Å². The maximum absolute atomic E-state index is 12.5. The van der Waals surface area contributed by atoms with E-state index >= 15 is 0 Å². The number of carbonyl (C=O) groups is 1. The zero-order valence-corrected chi connectivity index (χ0v) is 14.8. The quantitative estimate of drug-likeness (QED) is 0.674. The Labute approximate surface area is 156 Å². The van der Waals surface area contributed by atoms with Crippen molar-refractivity contribution in [2.24, 2.45) is 0 Å². The Bertz CT molecular complexity index is 994. The first kappa shape index (κ1) is 18.4. The second-order valence-electron chi connectivity index (χ2n) is 6.29. The molecule has 0 aliphatic carbocycles. The van der Waals surface area contributed by atoms with Gasteiger partial charge in [0.1, 0.15) is 6.54 Å². The summed E-state index contributed by atoms with van der Waals surface area (Å²) in [5.41, 5.74) is 1.13. The van der Waals surface area contributed by atoms with Crippen molar-refractivity contribution in [2.45, 2.75) is 25.4 Å². The number of aromatic amines is 1. The summed E-state index contributed by atoms with van der Waals surface area (Å²) in [4.78, 5) is 37.5. The summed E-state index contributed by atoms with van der Waals surface area (Å²) in [6, 6.07) is 20.9. The standard InChI is InChI=1S/C21H21N3O3/c25-19-13-14-24(21(27)23-19)15-20(26)22-18(17-9-5-2-6-10-17)12-11-16-7-3-1-4-8-16/h1-10,13-14,18H,11-12,15H2,(H,22,26)(H,23,25,27)/t18-/m0/s1. The van der Waals surface area contributed by atoms with Crippen LogP contribution in [0, 0.1) is 0 Å². The van der Waals surface area contributed by atoms with Crippen molar-refractivity contribution >= 4 is 5.91 Å². The van der Waals surface area contributed by atoms with E-state index in [9.17, 15) is 14.4 Å². The van der Waals surface area contributed by atoms with Crippen LogP contribution in [0.3, 0.4) is 0 Å².